The van der Waals surface area contributed by atoms with E-state index in [2.05, 4.69) is 34.8 Å². The van der Waals surface area contributed by atoms with Crippen molar-refractivity contribution in [2.24, 2.45) is 33.5 Å². The SMILES string of the molecule is Cc1c(-c2ccc(N3CCc4cccc(C(=O)Nc5nc6ccccc6s5)c4C3)nc2C(=O)O)cnn1CC12CC3(OCCOCCN(CCCP(=O)(O)O)C(=O)OCc4ccc(NC(=O)[C@H](C)NC(=O)[C@@H](CC(=O)CCCCCN5C(=O)C=CC5=O)C(C)C)cc4)CC4(C)CC(C)(C1)C4(C2)C3. The van der Waals surface area contributed by atoms with Crippen molar-refractivity contribution in [2.75, 3.05) is 67.7 Å². The zero-order valence-corrected chi connectivity index (χ0v) is 60.4. The highest BCUT2D eigenvalue weighted by Crippen LogP contribution is 2.89. The summed E-state index contributed by atoms with van der Waals surface area (Å²) in [4.78, 5) is 137. The van der Waals surface area contributed by atoms with Crippen LogP contribution in [0.15, 0.2) is 97.2 Å². The lowest BCUT2D eigenvalue weighted by molar-refractivity contribution is -0.159. The highest BCUT2D eigenvalue weighted by Gasteiger charge is 2.84. The van der Waals surface area contributed by atoms with Crippen molar-refractivity contribution in [1.29, 1.82) is 0 Å². The van der Waals surface area contributed by atoms with Crippen molar-refractivity contribution in [3.05, 3.63) is 131 Å². The van der Waals surface area contributed by atoms with E-state index in [4.69, 9.17) is 24.3 Å². The highest BCUT2D eigenvalue weighted by molar-refractivity contribution is 7.51. The molecule has 102 heavy (non-hydrogen) atoms. The molecule has 4 saturated carbocycles. The minimum Gasteiger partial charge on any atom is -0.476 e. The fraction of sp³-hybridized carbons (Fsp3) is 0.507. The molecule has 6 aliphatic rings. The molecule has 0 saturated heterocycles. The van der Waals surface area contributed by atoms with E-state index in [0.717, 1.165) is 65.6 Å². The minimum atomic E-state index is -4.36. The van der Waals surface area contributed by atoms with Crippen LogP contribution in [0.2, 0.25) is 0 Å². The number of benzene rings is 3. The minimum absolute atomic E-state index is 0.00343. The first-order valence-corrected chi connectivity index (χ1v) is 37.9. The van der Waals surface area contributed by atoms with E-state index >= 15 is 0 Å². The number of nitrogens with zero attached hydrogens (tertiary/aromatic N) is 7. The van der Waals surface area contributed by atoms with Crippen LogP contribution in [-0.2, 0) is 68.9 Å². The number of carbonyl (C=O) groups excluding carboxylic acids is 7. The van der Waals surface area contributed by atoms with Crippen molar-refractivity contribution in [3.8, 4) is 11.1 Å². The first-order chi connectivity index (χ1) is 48.6. The van der Waals surface area contributed by atoms with Gasteiger partial charge in [0, 0.05) is 98.3 Å². The van der Waals surface area contributed by atoms with Gasteiger partial charge < -0.3 is 49.5 Å². The predicted molar refractivity (Wildman–Crippen MR) is 382 cm³/mol. The second-order valence-electron chi connectivity index (χ2n) is 29.9. The average molecular weight is 1440 g/mol. The molecule has 7 atom stereocenters. The van der Waals surface area contributed by atoms with Gasteiger partial charge in [-0.2, -0.15) is 5.10 Å². The summed E-state index contributed by atoms with van der Waals surface area (Å²) in [6.45, 7) is 14.5. The van der Waals surface area contributed by atoms with Gasteiger partial charge in [-0.25, -0.2) is 19.6 Å². The standard InChI is InChI=1S/C75H91N10O15PS/c1-47(2)56(36-53(86)15-8-7-11-29-84-62(87)25-26-63(84)88)67(91)77-48(3)65(89)78-52-21-19-50(20-22-52)39-99-70(94)82(28-13-35-101(95,96)97)31-32-98-33-34-100-74-42-72(6)40-71(5)41-73(43-74,44-75(71,72)45-74)46-85-49(4)57(37-76-85)54-23-24-61(80-64(54)68(92)93)83-30-27-51-14-12-16-55(58(51)38-83)66(90)81-69-79-59-17-9-10-18-60(59)102-69/h9-10,12,14,16-26,37,47-48,56H,7-8,11,13,15,27-36,38-46H2,1-6H3,(H,77,91)(H,78,89)(H,92,93)(H,79,81,90)(H2,95,96,97)/t48-,56-,71?,72?,73?,74?,75?/m0/s1. The fourth-order valence-electron chi connectivity index (χ4n) is 17.9. The maximum atomic E-state index is 13.8. The third kappa shape index (κ3) is 15.5. The van der Waals surface area contributed by atoms with Crippen LogP contribution >= 0.6 is 18.9 Å². The molecule has 4 aliphatic carbocycles. The summed E-state index contributed by atoms with van der Waals surface area (Å²) in [5.41, 5.74) is 5.92. The van der Waals surface area contributed by atoms with Crippen LogP contribution in [0.1, 0.15) is 155 Å². The zero-order valence-electron chi connectivity index (χ0n) is 58.7. The van der Waals surface area contributed by atoms with Gasteiger partial charge in [0.05, 0.1) is 48.0 Å². The molecule has 4 fully saturated rings. The second kappa shape index (κ2) is 29.7. The largest absolute Gasteiger partial charge is 0.476 e. The average Bonchev–Trinajstić information content (AvgIpc) is 1.46. The number of pyridine rings is 1. The van der Waals surface area contributed by atoms with Crippen LogP contribution in [0.5, 0.6) is 0 Å². The first kappa shape index (κ1) is 73.2. The quantitative estimate of drug-likeness (QED) is 0.0127. The third-order valence-corrected chi connectivity index (χ3v) is 24.2. The van der Waals surface area contributed by atoms with E-state index < -0.39 is 55.2 Å². The normalized spacial score (nSPS) is 22.9. The molecule has 5 unspecified atom stereocenters. The molecule has 0 radical (unpaired) electrons. The Kier molecular flexibility index (Phi) is 21.3. The Bertz CT molecular complexity index is 4270. The molecule has 25 nitrogen and oxygen atoms in total. The van der Waals surface area contributed by atoms with Gasteiger partial charge in [0.2, 0.25) is 11.8 Å². The van der Waals surface area contributed by atoms with E-state index in [9.17, 15) is 57.8 Å². The van der Waals surface area contributed by atoms with Crippen molar-refractivity contribution in [3.63, 3.8) is 0 Å². The number of carbonyl (C=O) groups is 8. The molecule has 6 N–H and O–H groups in total. The fourth-order valence-corrected chi connectivity index (χ4v) is 19.3. The lowest BCUT2D eigenvalue weighted by Gasteiger charge is -2.64. The predicted octanol–water partition coefficient (Wildman–Crippen LogP) is 10.9. The number of fused-ring (bicyclic) bond motifs is 4. The Morgan fingerprint density at radius 1 is 0.784 bits per heavy atom. The number of Topliss-reactive ketones (excluding diaryl/α,β-unsaturated/α-hetero) is 1. The van der Waals surface area contributed by atoms with E-state index in [-0.39, 0.29) is 115 Å². The number of carboxylic acid groups (broad SMARTS) is 1. The molecule has 27 heteroatoms. The van der Waals surface area contributed by atoms with Gasteiger partial charge in [-0.15, -0.1) is 0 Å². The van der Waals surface area contributed by atoms with Crippen LogP contribution in [0.3, 0.4) is 0 Å². The monoisotopic (exact) mass is 1430 g/mol. The van der Waals surface area contributed by atoms with Gasteiger partial charge in [0.25, 0.3) is 17.7 Å². The summed E-state index contributed by atoms with van der Waals surface area (Å²) in [6, 6.07) is 22.8. The van der Waals surface area contributed by atoms with Crippen molar-refractivity contribution in [2.45, 2.75) is 156 Å². The van der Waals surface area contributed by atoms with E-state index in [1.807, 2.05) is 85.0 Å². The molecule has 542 valence electrons. The second-order valence-corrected chi connectivity index (χ2v) is 32.7. The molecule has 2 aliphatic heterocycles. The number of thiazole rings is 1. The molecule has 12 rings (SSSR count). The topological polar surface area (TPSA) is 331 Å². The summed E-state index contributed by atoms with van der Waals surface area (Å²) in [5, 5.41) is 24.8. The number of nitrogens with one attached hydrogen (secondary N) is 3. The number of unbranched alkanes of at least 4 members (excludes halogenated alkanes) is 2. The molecule has 3 aromatic carbocycles. The number of hydrogen-bond acceptors (Lipinski definition) is 17. The Labute approximate surface area is 596 Å². The van der Waals surface area contributed by atoms with Crippen LogP contribution < -0.4 is 20.9 Å². The van der Waals surface area contributed by atoms with E-state index in [1.54, 1.807) is 37.4 Å². The number of amides is 6. The molecule has 5 heterocycles. The maximum Gasteiger partial charge on any atom is 0.410 e. The number of rotatable bonds is 33. The van der Waals surface area contributed by atoms with Gasteiger partial charge in [-0.05, 0) is 165 Å². The molecule has 1 spiro atoms. The Balaban J connectivity index is 0.615. The number of imide groups is 1. The van der Waals surface area contributed by atoms with Gasteiger partial charge >= 0.3 is 19.7 Å². The number of anilines is 3. The highest BCUT2D eigenvalue weighted by atomic mass is 32.1. The van der Waals surface area contributed by atoms with Crippen LogP contribution in [-0.4, -0.2) is 156 Å². The molecule has 3 aromatic heterocycles. The molecule has 6 aromatic rings. The summed E-state index contributed by atoms with van der Waals surface area (Å²) < 4.78 is 33.7. The van der Waals surface area contributed by atoms with Crippen LogP contribution in [0.4, 0.5) is 21.4 Å². The number of aromatic nitrogens is 4. The number of ketones is 1. The Hall–Kier alpha value is -8.52. The number of ether oxygens (including phenoxy) is 3. The molecular formula is C75H91N10O15PS. The smallest absolute Gasteiger partial charge is 0.410 e. The summed E-state index contributed by atoms with van der Waals surface area (Å²) in [7, 11) is -4.36. The zero-order chi connectivity index (χ0) is 72.5. The van der Waals surface area contributed by atoms with Gasteiger partial charge in [0.15, 0.2) is 10.8 Å². The Morgan fingerprint density at radius 2 is 1.55 bits per heavy atom. The Morgan fingerprint density at radius 3 is 2.29 bits per heavy atom. The van der Waals surface area contributed by atoms with Crippen LogP contribution in [0.25, 0.3) is 21.3 Å². The molecular weight excluding hydrogens is 1340 g/mol. The summed E-state index contributed by atoms with van der Waals surface area (Å²) in [6.07, 6.45) is 11.6. The van der Waals surface area contributed by atoms with Gasteiger partial charge in [-0.3, -0.25) is 48.2 Å². The third-order valence-electron chi connectivity index (χ3n) is 22.3. The van der Waals surface area contributed by atoms with Crippen molar-refractivity contribution >= 4 is 93.2 Å². The summed E-state index contributed by atoms with van der Waals surface area (Å²) >= 11 is 1.41. The number of hydrogen-bond donors (Lipinski definition) is 6. The molecule has 6 amide bonds. The van der Waals surface area contributed by atoms with Crippen molar-refractivity contribution in [1.82, 2.24) is 34.9 Å². The van der Waals surface area contributed by atoms with Gasteiger partial charge in [-0.1, -0.05) is 81.9 Å². The number of carboxylic acids is 1. The van der Waals surface area contributed by atoms with Crippen molar-refractivity contribution < 1.29 is 72.0 Å². The lowest BCUT2D eigenvalue weighted by atomic mass is 9.40. The maximum absolute atomic E-state index is 13.8. The first-order valence-electron chi connectivity index (χ1n) is 35.3. The number of para-hydroxylation sites is 1. The summed E-state index contributed by atoms with van der Waals surface area (Å²) in [5.74, 6) is -3.45. The molecule has 3 bridgehead atoms. The van der Waals surface area contributed by atoms with E-state index in [0.29, 0.717) is 90.8 Å². The lowest BCUT2D eigenvalue weighted by Crippen LogP contribution is -2.57. The van der Waals surface area contributed by atoms with Crippen LogP contribution in [0, 0.1) is 40.4 Å². The number of aromatic carboxylic acids is 1. The van der Waals surface area contributed by atoms with E-state index in [1.165, 1.54) is 33.3 Å². The van der Waals surface area contributed by atoms with Gasteiger partial charge in [0.1, 0.15) is 24.2 Å².